The quantitative estimate of drug-likeness (QED) is 0.201. The topological polar surface area (TPSA) is 87.2 Å². The monoisotopic (exact) mass is 553 g/mol. The fourth-order valence-electron chi connectivity index (χ4n) is 5.39. The molecule has 0 saturated heterocycles. The molecule has 0 spiro atoms. The third-order valence-electron chi connectivity index (χ3n) is 7.63. The fourth-order valence-corrected chi connectivity index (χ4v) is 5.39. The highest BCUT2D eigenvalue weighted by molar-refractivity contribution is 6.22. The SMILES string of the molecule is O=C1c2ccccc2C(=O)N1CCCCN(CCCCN1C(=O)c2ccccc2C1=O)CCOCc1ccccc1. The summed E-state index contributed by atoms with van der Waals surface area (Å²) in [7, 11) is 0. The van der Waals surface area contributed by atoms with Crippen LogP contribution < -0.4 is 0 Å². The number of fused-ring (bicyclic) bond motifs is 2. The Morgan fingerprint density at radius 3 is 1.37 bits per heavy atom. The number of imide groups is 2. The van der Waals surface area contributed by atoms with Gasteiger partial charge in [-0.1, -0.05) is 54.6 Å². The number of amides is 4. The van der Waals surface area contributed by atoms with Crippen molar-refractivity contribution < 1.29 is 23.9 Å². The van der Waals surface area contributed by atoms with Gasteiger partial charge in [-0.25, -0.2) is 0 Å². The Balaban J connectivity index is 1.08. The lowest BCUT2D eigenvalue weighted by atomic mass is 10.1. The molecule has 0 aromatic heterocycles. The van der Waals surface area contributed by atoms with Gasteiger partial charge in [-0.05, 0) is 68.6 Å². The van der Waals surface area contributed by atoms with Gasteiger partial charge in [0.05, 0.1) is 35.5 Å². The maximum atomic E-state index is 12.7. The number of hydrogen-bond acceptors (Lipinski definition) is 6. The molecule has 8 nitrogen and oxygen atoms in total. The fraction of sp³-hybridized carbons (Fsp3) is 0.333. The van der Waals surface area contributed by atoms with Gasteiger partial charge in [-0.2, -0.15) is 0 Å². The zero-order chi connectivity index (χ0) is 28.6. The predicted molar refractivity (Wildman–Crippen MR) is 155 cm³/mol. The van der Waals surface area contributed by atoms with E-state index in [9.17, 15) is 19.2 Å². The van der Waals surface area contributed by atoms with Crippen molar-refractivity contribution in [2.45, 2.75) is 32.3 Å². The first-order valence-electron chi connectivity index (χ1n) is 14.3. The van der Waals surface area contributed by atoms with Crippen molar-refractivity contribution in [2.75, 3.05) is 39.3 Å². The van der Waals surface area contributed by atoms with Crippen LogP contribution in [0.5, 0.6) is 0 Å². The van der Waals surface area contributed by atoms with Gasteiger partial charge in [0.15, 0.2) is 0 Å². The molecule has 0 atom stereocenters. The summed E-state index contributed by atoms with van der Waals surface area (Å²) in [5.41, 5.74) is 3.04. The van der Waals surface area contributed by atoms with Gasteiger partial charge in [0.1, 0.15) is 0 Å². The molecule has 0 saturated carbocycles. The van der Waals surface area contributed by atoms with Crippen LogP contribution in [-0.2, 0) is 11.3 Å². The molecule has 2 aliphatic heterocycles. The molecule has 3 aromatic rings. The highest BCUT2D eigenvalue weighted by Gasteiger charge is 2.35. The third kappa shape index (κ3) is 6.61. The molecule has 0 unspecified atom stereocenters. The average molecular weight is 554 g/mol. The molecule has 2 heterocycles. The molecule has 212 valence electrons. The van der Waals surface area contributed by atoms with Crippen molar-refractivity contribution in [3.05, 3.63) is 107 Å². The second kappa shape index (κ2) is 13.5. The lowest BCUT2D eigenvalue weighted by Gasteiger charge is -2.23. The van der Waals surface area contributed by atoms with Crippen molar-refractivity contribution in [1.29, 1.82) is 0 Å². The van der Waals surface area contributed by atoms with Gasteiger partial charge < -0.3 is 9.64 Å². The lowest BCUT2D eigenvalue weighted by molar-refractivity contribution is 0.0637. The first kappa shape index (κ1) is 28.4. The summed E-state index contributed by atoms with van der Waals surface area (Å²) in [5, 5.41) is 0. The molecule has 0 fully saturated rings. The zero-order valence-corrected chi connectivity index (χ0v) is 23.2. The summed E-state index contributed by atoms with van der Waals surface area (Å²) in [4.78, 5) is 55.6. The van der Waals surface area contributed by atoms with Crippen LogP contribution in [0.25, 0.3) is 0 Å². The highest BCUT2D eigenvalue weighted by atomic mass is 16.5. The molecule has 41 heavy (non-hydrogen) atoms. The van der Waals surface area contributed by atoms with E-state index in [0.717, 1.165) is 38.0 Å². The summed E-state index contributed by atoms with van der Waals surface area (Å²) >= 11 is 0. The zero-order valence-electron chi connectivity index (χ0n) is 23.2. The minimum absolute atomic E-state index is 0.218. The molecule has 0 bridgehead atoms. The summed E-state index contributed by atoms with van der Waals surface area (Å²) in [5.74, 6) is -0.871. The third-order valence-corrected chi connectivity index (χ3v) is 7.63. The number of carbonyl (C=O) groups is 4. The minimum atomic E-state index is -0.218. The van der Waals surface area contributed by atoms with Crippen molar-refractivity contribution in [2.24, 2.45) is 0 Å². The van der Waals surface area contributed by atoms with E-state index in [1.165, 1.54) is 9.80 Å². The summed E-state index contributed by atoms with van der Waals surface area (Å²) in [6, 6.07) is 24.0. The molecule has 0 radical (unpaired) electrons. The second-order valence-electron chi connectivity index (χ2n) is 10.4. The van der Waals surface area contributed by atoms with E-state index in [1.807, 2.05) is 30.3 Å². The van der Waals surface area contributed by atoms with E-state index >= 15 is 0 Å². The molecular weight excluding hydrogens is 518 g/mol. The number of hydrogen-bond donors (Lipinski definition) is 0. The van der Waals surface area contributed by atoms with Crippen molar-refractivity contribution >= 4 is 23.6 Å². The Kier molecular flexibility index (Phi) is 9.33. The lowest BCUT2D eigenvalue weighted by Crippen LogP contribution is -2.34. The summed E-state index contributed by atoms with van der Waals surface area (Å²) in [6.45, 7) is 4.25. The van der Waals surface area contributed by atoms with Crippen LogP contribution in [0.2, 0.25) is 0 Å². The smallest absolute Gasteiger partial charge is 0.261 e. The molecule has 0 aliphatic carbocycles. The Hall–Kier alpha value is -4.14. The van der Waals surface area contributed by atoms with E-state index < -0.39 is 0 Å². The first-order valence-corrected chi connectivity index (χ1v) is 14.3. The Morgan fingerprint density at radius 1 is 0.512 bits per heavy atom. The normalized spacial score (nSPS) is 14.4. The number of ether oxygens (including phenoxy) is 1. The number of unbranched alkanes of at least 4 members (excludes halogenated alkanes) is 2. The van der Waals surface area contributed by atoms with Gasteiger partial charge in [0, 0.05) is 19.6 Å². The van der Waals surface area contributed by atoms with Crippen LogP contribution in [-0.4, -0.2) is 77.7 Å². The standard InChI is InChI=1S/C33H35N3O5/c37-30-26-14-4-5-15-27(26)31(38)35(30)20-10-8-18-34(22-23-41-24-25-12-2-1-3-13-25)19-9-11-21-36-32(39)28-16-6-7-17-29(28)33(36)40/h1-7,12-17H,8-11,18-24H2. The van der Waals surface area contributed by atoms with Crippen molar-refractivity contribution in [1.82, 2.24) is 14.7 Å². The van der Waals surface area contributed by atoms with Gasteiger partial charge in [0.2, 0.25) is 0 Å². The largest absolute Gasteiger partial charge is 0.375 e. The van der Waals surface area contributed by atoms with Gasteiger partial charge >= 0.3 is 0 Å². The van der Waals surface area contributed by atoms with E-state index in [4.69, 9.17) is 4.74 Å². The van der Waals surface area contributed by atoms with Crippen LogP contribution in [0.1, 0.15) is 72.7 Å². The van der Waals surface area contributed by atoms with E-state index in [2.05, 4.69) is 4.90 Å². The second-order valence-corrected chi connectivity index (χ2v) is 10.4. The molecule has 2 aliphatic rings. The van der Waals surface area contributed by atoms with Gasteiger partial charge in [0.25, 0.3) is 23.6 Å². The predicted octanol–water partition coefficient (Wildman–Crippen LogP) is 4.66. The van der Waals surface area contributed by atoms with Gasteiger partial charge in [-0.15, -0.1) is 0 Å². The molecular formula is C33H35N3O5. The number of benzene rings is 3. The van der Waals surface area contributed by atoms with E-state index in [0.29, 0.717) is 61.4 Å². The number of carbonyl (C=O) groups excluding carboxylic acids is 4. The van der Waals surface area contributed by atoms with E-state index in [-0.39, 0.29) is 23.6 Å². The Bertz CT molecular complexity index is 1250. The molecule has 5 rings (SSSR count). The maximum Gasteiger partial charge on any atom is 0.261 e. The molecule has 3 aromatic carbocycles. The molecule has 4 amide bonds. The maximum absolute atomic E-state index is 12.7. The highest BCUT2D eigenvalue weighted by Crippen LogP contribution is 2.24. The summed E-state index contributed by atoms with van der Waals surface area (Å²) in [6.07, 6.45) is 3.07. The van der Waals surface area contributed by atoms with Crippen LogP contribution in [0, 0.1) is 0 Å². The van der Waals surface area contributed by atoms with Crippen molar-refractivity contribution in [3.8, 4) is 0 Å². The summed E-state index contributed by atoms with van der Waals surface area (Å²) < 4.78 is 5.92. The van der Waals surface area contributed by atoms with Gasteiger partial charge in [-0.3, -0.25) is 29.0 Å². The Labute approximate surface area is 240 Å². The number of rotatable bonds is 15. The van der Waals surface area contributed by atoms with Crippen LogP contribution in [0.3, 0.4) is 0 Å². The first-order chi connectivity index (χ1) is 20.0. The van der Waals surface area contributed by atoms with Crippen molar-refractivity contribution in [3.63, 3.8) is 0 Å². The van der Waals surface area contributed by atoms with Crippen LogP contribution in [0.4, 0.5) is 0 Å². The molecule has 8 heteroatoms. The van der Waals surface area contributed by atoms with Crippen LogP contribution >= 0.6 is 0 Å². The average Bonchev–Trinajstić information content (AvgIpc) is 3.39. The molecule has 0 N–H and O–H groups in total. The number of nitrogens with zero attached hydrogens (tertiary/aromatic N) is 3. The van der Waals surface area contributed by atoms with E-state index in [1.54, 1.807) is 48.5 Å². The minimum Gasteiger partial charge on any atom is -0.375 e. The van der Waals surface area contributed by atoms with Crippen LogP contribution in [0.15, 0.2) is 78.9 Å². The Morgan fingerprint density at radius 2 is 0.927 bits per heavy atom.